The smallest absolute Gasteiger partial charge is 0.136 e. The second-order valence-corrected chi connectivity index (χ2v) is 11.8. The van der Waals surface area contributed by atoms with E-state index in [0.717, 1.165) is 43.4 Å². The Balaban J connectivity index is 1.55. The predicted octanol–water partition coefficient (Wildman–Crippen LogP) is 13.2. The van der Waals surface area contributed by atoms with Crippen LogP contribution in [-0.4, -0.2) is 0 Å². The molecular weight excluding hydrogens is 569 g/mol. The van der Waals surface area contributed by atoms with Crippen LogP contribution in [0.2, 0.25) is 0 Å². The lowest BCUT2D eigenvalue weighted by atomic mass is 9.81. The molecule has 1 nitrogen and oxygen atoms in total. The highest BCUT2D eigenvalue weighted by atomic mass is 16.3. The van der Waals surface area contributed by atoms with Crippen molar-refractivity contribution in [3.63, 3.8) is 0 Å². The van der Waals surface area contributed by atoms with Crippen molar-refractivity contribution in [2.45, 2.75) is 0 Å². The highest BCUT2D eigenvalue weighted by Crippen LogP contribution is 2.50. The van der Waals surface area contributed by atoms with Crippen molar-refractivity contribution in [1.29, 1.82) is 0 Å². The molecule has 10 rings (SSSR count). The Morgan fingerprint density at radius 3 is 1.68 bits per heavy atom. The van der Waals surface area contributed by atoms with Crippen LogP contribution in [-0.2, 0) is 0 Å². The van der Waals surface area contributed by atoms with Crippen molar-refractivity contribution in [2.75, 3.05) is 0 Å². The predicted molar refractivity (Wildman–Crippen MR) is 200 cm³/mol. The maximum Gasteiger partial charge on any atom is 0.136 e. The van der Waals surface area contributed by atoms with Crippen molar-refractivity contribution < 1.29 is 15.4 Å². The molecule has 0 N–H and O–H groups in total. The zero-order valence-electron chi connectivity index (χ0n) is 33.0. The first-order valence-corrected chi connectivity index (χ1v) is 15.5. The quantitative estimate of drug-likeness (QED) is 0.144. The van der Waals surface area contributed by atoms with Crippen LogP contribution in [0, 0.1) is 0 Å². The fourth-order valence-corrected chi connectivity index (χ4v) is 7.35. The highest BCUT2D eigenvalue weighted by Gasteiger charge is 2.24. The molecule has 0 fully saturated rings. The Labute approximate surface area is 283 Å². The van der Waals surface area contributed by atoms with E-state index in [9.17, 15) is 5.48 Å². The minimum Gasteiger partial charge on any atom is -0.456 e. The van der Waals surface area contributed by atoms with E-state index in [4.69, 9.17) is 9.90 Å². The van der Waals surface area contributed by atoms with Gasteiger partial charge in [-0.3, -0.25) is 0 Å². The summed E-state index contributed by atoms with van der Waals surface area (Å²) in [5.74, 6) is 0. The average molecular weight is 605 g/mol. The summed E-state index contributed by atoms with van der Waals surface area (Å²) in [7, 11) is 0. The summed E-state index contributed by atoms with van der Waals surface area (Å²) in [5, 5.41) is 6.33. The topological polar surface area (TPSA) is 13.1 Å². The van der Waals surface area contributed by atoms with Crippen LogP contribution in [0.4, 0.5) is 0 Å². The van der Waals surface area contributed by atoms with E-state index in [1.165, 1.54) is 0 Å². The molecule has 218 valence electrons. The molecule has 0 saturated carbocycles. The molecule has 0 bridgehead atoms. The van der Waals surface area contributed by atoms with Gasteiger partial charge < -0.3 is 4.42 Å². The summed E-state index contributed by atoms with van der Waals surface area (Å²) in [5.41, 5.74) is 4.56. The zero-order chi connectivity index (χ0) is 37.9. The van der Waals surface area contributed by atoms with Gasteiger partial charge in [0.05, 0.1) is 11.0 Å². The second-order valence-electron chi connectivity index (χ2n) is 11.8. The third-order valence-electron chi connectivity index (χ3n) is 9.29. The summed E-state index contributed by atoms with van der Waals surface area (Å²) in [6, 6.07) is 36.0. The van der Waals surface area contributed by atoms with Gasteiger partial charge in [-0.05, 0) is 95.2 Å². The second kappa shape index (κ2) is 10.2. The summed E-state index contributed by atoms with van der Waals surface area (Å²) in [6.45, 7) is 0. The van der Waals surface area contributed by atoms with Crippen LogP contribution in [0.15, 0.2) is 174 Å². The molecule has 0 aliphatic carbocycles. The maximum atomic E-state index is 9.55. The minimum atomic E-state index is -0.439. The van der Waals surface area contributed by atoms with Gasteiger partial charge in [0.2, 0.25) is 0 Å². The Morgan fingerprint density at radius 2 is 0.957 bits per heavy atom. The molecule has 47 heavy (non-hydrogen) atoms. The minimum absolute atomic E-state index is 0.167. The number of benzene rings is 9. The van der Waals surface area contributed by atoms with Gasteiger partial charge in [-0.15, -0.1) is 0 Å². The molecule has 0 amide bonds. The highest BCUT2D eigenvalue weighted by molar-refractivity contribution is 6.27. The SMILES string of the molecule is [2H]c1c([2H])c([2H])c2c(-c3ccc4oc5ccccc5c4c3-c3cc4ccccc4c4ccccc34)c3c([2H])c([2H])c([2H])c([2H])c3c(-c3ccccc3)c2c1[2H]. The van der Waals surface area contributed by atoms with E-state index in [1.54, 1.807) is 24.3 Å². The van der Waals surface area contributed by atoms with Gasteiger partial charge >= 0.3 is 0 Å². The fourth-order valence-electron chi connectivity index (χ4n) is 7.35. The fraction of sp³-hybridized carbons (Fsp3) is 0. The van der Waals surface area contributed by atoms with Gasteiger partial charge in [0, 0.05) is 16.3 Å². The molecule has 0 aliphatic rings. The monoisotopic (exact) mass is 604 g/mol. The standard InChI is InChI=1S/C46H28O/c1-2-14-29(15-3-1)43-34-20-8-10-22-36(34)44(37-23-11-9-21-35(37)43)39-26-27-42-46(38-24-12-13-25-41(38)47-42)45(39)40-28-30-16-4-5-17-31(30)32-18-6-7-19-33(32)40/h1-28H/i8D,9D,10D,11D,20D,21D,22D,23D. The Bertz CT molecular complexity index is 3220. The van der Waals surface area contributed by atoms with Crippen molar-refractivity contribution >= 4 is 65.0 Å². The van der Waals surface area contributed by atoms with Gasteiger partial charge in [0.15, 0.2) is 0 Å². The molecule has 1 heteroatoms. The summed E-state index contributed by atoms with van der Waals surface area (Å²) in [6.07, 6.45) is 0. The maximum absolute atomic E-state index is 9.55. The molecule has 0 radical (unpaired) electrons. The lowest BCUT2D eigenvalue weighted by Crippen LogP contribution is -1.94. The van der Waals surface area contributed by atoms with Crippen LogP contribution in [0.25, 0.3) is 98.4 Å². The molecule has 0 saturated heterocycles. The van der Waals surface area contributed by atoms with Crippen molar-refractivity contribution in [3.05, 3.63) is 170 Å². The van der Waals surface area contributed by atoms with Crippen LogP contribution in [0.1, 0.15) is 11.0 Å². The third-order valence-corrected chi connectivity index (χ3v) is 9.29. The first kappa shape index (κ1) is 19.4. The lowest BCUT2D eigenvalue weighted by Gasteiger charge is -2.21. The molecule has 1 aromatic heterocycles. The number of furan rings is 1. The molecule has 0 aliphatic heterocycles. The molecule has 9 aromatic carbocycles. The van der Waals surface area contributed by atoms with E-state index in [0.29, 0.717) is 33.4 Å². The molecule has 0 atom stereocenters. The summed E-state index contributed by atoms with van der Waals surface area (Å²) >= 11 is 0. The van der Waals surface area contributed by atoms with Gasteiger partial charge in [0.1, 0.15) is 11.2 Å². The largest absolute Gasteiger partial charge is 0.456 e. The first-order valence-electron chi connectivity index (χ1n) is 19.5. The molecule has 10 aromatic rings. The van der Waals surface area contributed by atoms with E-state index in [2.05, 4.69) is 30.3 Å². The average Bonchev–Trinajstić information content (AvgIpc) is 3.61. The number of hydrogen-bond donors (Lipinski definition) is 0. The van der Waals surface area contributed by atoms with E-state index in [1.807, 2.05) is 66.7 Å². The van der Waals surface area contributed by atoms with Crippen molar-refractivity contribution in [2.24, 2.45) is 0 Å². The Kier molecular flexibility index (Phi) is 4.19. The third kappa shape index (κ3) is 3.84. The van der Waals surface area contributed by atoms with Gasteiger partial charge in [-0.2, -0.15) is 0 Å². The normalized spacial score (nSPS) is 14.2. The van der Waals surface area contributed by atoms with E-state index in [-0.39, 0.29) is 45.7 Å². The van der Waals surface area contributed by atoms with Gasteiger partial charge in [-0.25, -0.2) is 0 Å². The molecule has 0 spiro atoms. The lowest BCUT2D eigenvalue weighted by molar-refractivity contribution is 0.669. The zero-order valence-corrected chi connectivity index (χ0v) is 25.0. The van der Waals surface area contributed by atoms with E-state index < -0.39 is 24.2 Å². The van der Waals surface area contributed by atoms with Crippen LogP contribution < -0.4 is 0 Å². The molecular formula is C46H28O. The van der Waals surface area contributed by atoms with Crippen LogP contribution >= 0.6 is 0 Å². The van der Waals surface area contributed by atoms with Crippen molar-refractivity contribution in [1.82, 2.24) is 0 Å². The van der Waals surface area contributed by atoms with E-state index >= 15 is 0 Å². The Morgan fingerprint density at radius 1 is 0.383 bits per heavy atom. The van der Waals surface area contributed by atoms with Gasteiger partial charge in [-0.1, -0.05) is 145 Å². The summed E-state index contributed by atoms with van der Waals surface area (Å²) < 4.78 is 80.0. The molecule has 1 heterocycles. The Hall–Kier alpha value is -6.18. The number of para-hydroxylation sites is 1. The van der Waals surface area contributed by atoms with Crippen LogP contribution in [0.5, 0.6) is 0 Å². The van der Waals surface area contributed by atoms with Gasteiger partial charge in [0.25, 0.3) is 0 Å². The number of hydrogen-bond acceptors (Lipinski definition) is 1. The molecule has 0 unspecified atom stereocenters. The van der Waals surface area contributed by atoms with Crippen LogP contribution in [0.3, 0.4) is 0 Å². The number of fused-ring (bicyclic) bond motifs is 8. The summed E-state index contributed by atoms with van der Waals surface area (Å²) in [4.78, 5) is 0. The number of rotatable bonds is 3. The first-order chi connectivity index (χ1) is 26.7. The van der Waals surface area contributed by atoms with Crippen molar-refractivity contribution in [3.8, 4) is 33.4 Å².